The smallest absolute Gasteiger partial charge is 0.289 e. The van der Waals surface area contributed by atoms with Crippen molar-refractivity contribution in [2.45, 2.75) is 13.8 Å². The maximum Gasteiger partial charge on any atom is 0.289 e. The van der Waals surface area contributed by atoms with Gasteiger partial charge in [0, 0.05) is 35.3 Å². The number of allylic oxidation sites excluding steroid dienone is 1. The van der Waals surface area contributed by atoms with Gasteiger partial charge in [0.25, 0.3) is 5.56 Å². The first kappa shape index (κ1) is 21.8. The van der Waals surface area contributed by atoms with Crippen LogP contribution in [0.5, 0.6) is 0 Å². The molecule has 140 valence electrons. The zero-order chi connectivity index (χ0) is 19.7. The van der Waals surface area contributed by atoms with Gasteiger partial charge < -0.3 is 10.2 Å². The van der Waals surface area contributed by atoms with E-state index in [4.69, 9.17) is 23.2 Å². The van der Waals surface area contributed by atoms with Crippen LogP contribution in [0, 0.1) is 5.92 Å². The first-order valence-electron chi connectivity index (χ1n) is 8.05. The molecule has 1 atom stereocenters. The highest BCUT2D eigenvalue weighted by Gasteiger charge is 2.19. The topological polar surface area (TPSA) is 61.0 Å². The number of hydrogen-bond donors (Lipinski definition) is 2. The number of H-pyrrole nitrogens is 1. The number of aromatic nitrogens is 2. The predicted molar refractivity (Wildman–Crippen MR) is 113 cm³/mol. The Hall–Kier alpha value is -2.24. The largest absolute Gasteiger partial charge is 0.382 e. The minimum Gasteiger partial charge on any atom is -0.382 e. The van der Waals surface area contributed by atoms with E-state index in [0.717, 1.165) is 5.69 Å². The van der Waals surface area contributed by atoms with Crippen LogP contribution in [0.2, 0.25) is 5.02 Å². The van der Waals surface area contributed by atoms with Crippen LogP contribution in [0.15, 0.2) is 59.5 Å². The third kappa shape index (κ3) is 5.93. The molecule has 5 nitrogen and oxygen atoms in total. The molecule has 0 fully saturated rings. The number of benzene rings is 1. The van der Waals surface area contributed by atoms with E-state index in [9.17, 15) is 4.79 Å². The molecule has 0 spiro atoms. The number of halogens is 2. The molecule has 2 rings (SSSR count). The van der Waals surface area contributed by atoms with Gasteiger partial charge in [-0.25, -0.2) is 5.10 Å². The molecule has 0 bridgehead atoms. The summed E-state index contributed by atoms with van der Waals surface area (Å²) in [6, 6.07) is 7.35. The third-order valence-electron chi connectivity index (χ3n) is 3.51. The van der Waals surface area contributed by atoms with Gasteiger partial charge in [0.1, 0.15) is 5.69 Å². The van der Waals surface area contributed by atoms with E-state index in [1.165, 1.54) is 0 Å². The molecule has 0 radical (unpaired) electrons. The lowest BCUT2D eigenvalue weighted by atomic mass is 10.1. The van der Waals surface area contributed by atoms with Crippen LogP contribution in [0.3, 0.4) is 0 Å². The maximum atomic E-state index is 12.0. The van der Waals surface area contributed by atoms with Crippen molar-refractivity contribution in [2.75, 3.05) is 23.8 Å². The minimum atomic E-state index is -0.290. The second kappa shape index (κ2) is 10.7. The molecular formula is C19H24Cl2N4O. The predicted octanol–water partition coefficient (Wildman–Crippen LogP) is 5.18. The molecule has 2 N–H and O–H groups in total. The first-order valence-corrected chi connectivity index (χ1v) is 8.81. The van der Waals surface area contributed by atoms with Gasteiger partial charge >= 0.3 is 0 Å². The highest BCUT2D eigenvalue weighted by molar-refractivity contribution is 6.30. The molecule has 0 aliphatic rings. The Kier molecular flexibility index (Phi) is 8.96. The van der Waals surface area contributed by atoms with Crippen LogP contribution in [0.4, 0.5) is 17.1 Å². The van der Waals surface area contributed by atoms with Crippen molar-refractivity contribution in [3.05, 3.63) is 70.1 Å². The molecule has 0 aliphatic heterocycles. The van der Waals surface area contributed by atoms with E-state index >= 15 is 0 Å². The molecule has 0 amide bonds. The van der Waals surface area contributed by atoms with Crippen molar-refractivity contribution < 1.29 is 0 Å². The fourth-order valence-electron chi connectivity index (χ4n) is 2.17. The highest BCUT2D eigenvalue weighted by Crippen LogP contribution is 2.32. The summed E-state index contributed by atoms with van der Waals surface area (Å²) in [6.07, 6.45) is 3.35. The van der Waals surface area contributed by atoms with Crippen molar-refractivity contribution in [2.24, 2.45) is 5.92 Å². The molecule has 0 saturated heterocycles. The summed E-state index contributed by atoms with van der Waals surface area (Å²) in [5.74, 6) is 0.0105. The fraction of sp³-hybridized carbons (Fsp3) is 0.263. The summed E-state index contributed by atoms with van der Waals surface area (Å²) in [7, 11) is 1.69. The number of nitrogens with one attached hydrogen (secondary N) is 2. The average Bonchev–Trinajstić information content (AvgIpc) is 2.60. The molecule has 26 heavy (non-hydrogen) atoms. The Morgan fingerprint density at radius 1 is 1.42 bits per heavy atom. The van der Waals surface area contributed by atoms with E-state index < -0.39 is 0 Å². The molecule has 1 aromatic carbocycles. The number of anilines is 3. The van der Waals surface area contributed by atoms with Gasteiger partial charge in [0.15, 0.2) is 0 Å². The van der Waals surface area contributed by atoms with Crippen LogP contribution in [-0.2, 0) is 0 Å². The quantitative estimate of drug-likeness (QED) is 0.662. The summed E-state index contributed by atoms with van der Waals surface area (Å²) < 4.78 is 0. The maximum absolute atomic E-state index is 12.0. The molecule has 0 saturated carbocycles. The third-order valence-corrected chi connectivity index (χ3v) is 4.13. The van der Waals surface area contributed by atoms with E-state index in [0.29, 0.717) is 28.0 Å². The Bertz CT molecular complexity index is 787. The first-order chi connectivity index (χ1) is 12.3. The normalized spacial score (nSPS) is 11.0. The van der Waals surface area contributed by atoms with E-state index in [1.54, 1.807) is 31.5 Å². The summed E-state index contributed by atoms with van der Waals surface area (Å²) >= 11 is 12.0. The van der Waals surface area contributed by atoms with Crippen LogP contribution >= 0.6 is 23.2 Å². The summed E-state index contributed by atoms with van der Waals surface area (Å²) in [4.78, 5) is 14.0. The van der Waals surface area contributed by atoms with Gasteiger partial charge in [-0.15, -0.1) is 6.58 Å². The van der Waals surface area contributed by atoms with E-state index in [-0.39, 0.29) is 11.5 Å². The molecule has 1 heterocycles. The molecular weight excluding hydrogens is 371 g/mol. The highest BCUT2D eigenvalue weighted by atomic mass is 35.5. The molecule has 0 aliphatic carbocycles. The van der Waals surface area contributed by atoms with Crippen molar-refractivity contribution in [3.63, 3.8) is 0 Å². The molecule has 1 aromatic heterocycles. The van der Waals surface area contributed by atoms with Gasteiger partial charge in [-0.3, -0.25) is 4.79 Å². The van der Waals surface area contributed by atoms with Crippen molar-refractivity contribution >= 4 is 40.3 Å². The van der Waals surface area contributed by atoms with Crippen LogP contribution in [0.1, 0.15) is 13.8 Å². The Balaban J connectivity index is 0.00000105. The summed E-state index contributed by atoms with van der Waals surface area (Å²) in [5.41, 5.74) is 1.68. The average molecular weight is 395 g/mol. The van der Waals surface area contributed by atoms with Gasteiger partial charge in [0.05, 0.1) is 11.9 Å². The van der Waals surface area contributed by atoms with Crippen molar-refractivity contribution in [1.82, 2.24) is 10.2 Å². The zero-order valence-electron chi connectivity index (χ0n) is 15.2. The number of nitrogens with zero attached hydrogens (tertiary/aromatic N) is 2. The lowest BCUT2D eigenvalue weighted by Crippen LogP contribution is -2.27. The lowest BCUT2D eigenvalue weighted by Gasteiger charge is -2.28. The SMILES string of the molecule is C=C(Cl)C(C)CN(c1ccc(Cl)cc1)c1cn[nH]c(=O)c1NC.C=CC. The standard InChI is InChI=1S/C16H18Cl2N4O.C3H6/c1-10(11(2)17)9-22(13-6-4-12(18)5-7-13)14-8-20-21-16(23)15(14)19-3;1-3-2/h4-8,10H,2,9H2,1,3H3,(H,19,20)(H,21,23);3H,1H2,2H3. The van der Waals surface area contributed by atoms with Crippen LogP contribution < -0.4 is 15.8 Å². The number of hydrogen-bond acceptors (Lipinski definition) is 4. The van der Waals surface area contributed by atoms with Crippen molar-refractivity contribution in [3.8, 4) is 0 Å². The van der Waals surface area contributed by atoms with E-state index in [2.05, 4.69) is 28.7 Å². The van der Waals surface area contributed by atoms with Gasteiger partial charge in [-0.2, -0.15) is 5.10 Å². The van der Waals surface area contributed by atoms with Crippen LogP contribution in [-0.4, -0.2) is 23.8 Å². The Labute approximate surface area is 164 Å². The van der Waals surface area contributed by atoms with Gasteiger partial charge in [-0.1, -0.05) is 42.8 Å². The molecule has 2 aromatic rings. The number of rotatable bonds is 6. The molecule has 1 unspecified atom stereocenters. The number of aromatic amines is 1. The van der Waals surface area contributed by atoms with Gasteiger partial charge in [0.2, 0.25) is 0 Å². The monoisotopic (exact) mass is 394 g/mol. The second-order valence-corrected chi connectivity index (χ2v) is 6.47. The summed E-state index contributed by atoms with van der Waals surface area (Å²) in [6.45, 7) is 11.6. The lowest BCUT2D eigenvalue weighted by molar-refractivity contribution is 0.709. The Morgan fingerprint density at radius 2 is 2.00 bits per heavy atom. The Morgan fingerprint density at radius 3 is 2.50 bits per heavy atom. The minimum absolute atomic E-state index is 0.0105. The fourth-order valence-corrected chi connectivity index (χ4v) is 2.37. The second-order valence-electron chi connectivity index (χ2n) is 5.55. The van der Waals surface area contributed by atoms with Crippen molar-refractivity contribution in [1.29, 1.82) is 0 Å². The van der Waals surface area contributed by atoms with E-state index in [1.807, 2.05) is 30.9 Å². The van der Waals surface area contributed by atoms with Crippen LogP contribution in [0.25, 0.3) is 0 Å². The molecule has 7 heteroatoms. The summed E-state index contributed by atoms with van der Waals surface area (Å²) in [5, 5.41) is 10.4. The van der Waals surface area contributed by atoms with Gasteiger partial charge in [-0.05, 0) is 31.2 Å². The zero-order valence-corrected chi connectivity index (χ0v) is 16.7.